The SMILES string of the molecule is CCCN1CCN(c2ccccc2[C@H](C)O)CC1. The zero-order chi connectivity index (χ0) is 13.0. The van der Waals surface area contributed by atoms with Gasteiger partial charge in [-0.15, -0.1) is 0 Å². The van der Waals surface area contributed by atoms with Crippen LogP contribution in [-0.2, 0) is 0 Å². The van der Waals surface area contributed by atoms with Gasteiger partial charge in [0.15, 0.2) is 0 Å². The first-order valence-corrected chi connectivity index (χ1v) is 6.96. The number of para-hydroxylation sites is 1. The van der Waals surface area contributed by atoms with Crippen LogP contribution >= 0.6 is 0 Å². The van der Waals surface area contributed by atoms with Gasteiger partial charge in [0.1, 0.15) is 0 Å². The van der Waals surface area contributed by atoms with Crippen molar-refractivity contribution in [3.63, 3.8) is 0 Å². The topological polar surface area (TPSA) is 26.7 Å². The van der Waals surface area contributed by atoms with Crippen LogP contribution in [0, 0.1) is 0 Å². The molecule has 2 rings (SSSR count). The summed E-state index contributed by atoms with van der Waals surface area (Å²) in [4.78, 5) is 4.91. The van der Waals surface area contributed by atoms with Crippen molar-refractivity contribution in [2.45, 2.75) is 26.4 Å². The normalized spacial score (nSPS) is 18.9. The molecule has 0 aromatic heterocycles. The Kier molecular flexibility index (Phi) is 4.61. The van der Waals surface area contributed by atoms with E-state index in [1.807, 2.05) is 19.1 Å². The van der Waals surface area contributed by atoms with Gasteiger partial charge in [-0.1, -0.05) is 25.1 Å². The van der Waals surface area contributed by atoms with E-state index in [1.165, 1.54) is 18.7 Å². The maximum absolute atomic E-state index is 9.83. The molecule has 0 unspecified atom stereocenters. The maximum Gasteiger partial charge on any atom is 0.0781 e. The number of hydrogen-bond donors (Lipinski definition) is 1. The zero-order valence-corrected chi connectivity index (χ0v) is 11.5. The fourth-order valence-electron chi connectivity index (χ4n) is 2.66. The third-order valence-electron chi connectivity index (χ3n) is 3.64. The molecular formula is C15H24N2O. The predicted molar refractivity (Wildman–Crippen MR) is 76.0 cm³/mol. The summed E-state index contributed by atoms with van der Waals surface area (Å²) in [5, 5.41) is 9.83. The minimum absolute atomic E-state index is 0.394. The Labute approximate surface area is 110 Å². The lowest BCUT2D eigenvalue weighted by Crippen LogP contribution is -2.46. The fourth-order valence-corrected chi connectivity index (χ4v) is 2.66. The molecule has 1 aliphatic rings. The summed E-state index contributed by atoms with van der Waals surface area (Å²) in [6, 6.07) is 8.20. The van der Waals surface area contributed by atoms with Crippen molar-refractivity contribution in [2.75, 3.05) is 37.6 Å². The molecule has 0 bridgehead atoms. The van der Waals surface area contributed by atoms with Crippen LogP contribution in [0.5, 0.6) is 0 Å². The molecule has 0 saturated carbocycles. The zero-order valence-electron chi connectivity index (χ0n) is 11.5. The number of aliphatic hydroxyl groups is 1. The molecule has 0 amide bonds. The Hall–Kier alpha value is -1.06. The van der Waals surface area contributed by atoms with Crippen molar-refractivity contribution in [1.82, 2.24) is 4.90 Å². The molecular weight excluding hydrogens is 224 g/mol. The minimum Gasteiger partial charge on any atom is -0.389 e. The van der Waals surface area contributed by atoms with E-state index in [1.54, 1.807) is 0 Å². The highest BCUT2D eigenvalue weighted by atomic mass is 16.3. The summed E-state index contributed by atoms with van der Waals surface area (Å²) in [6.07, 6.45) is 0.833. The largest absolute Gasteiger partial charge is 0.389 e. The third kappa shape index (κ3) is 3.03. The van der Waals surface area contributed by atoms with Crippen LogP contribution in [0.2, 0.25) is 0 Å². The monoisotopic (exact) mass is 248 g/mol. The van der Waals surface area contributed by atoms with Crippen LogP contribution in [0.4, 0.5) is 5.69 Å². The molecule has 1 saturated heterocycles. The molecule has 1 aliphatic heterocycles. The average Bonchev–Trinajstić information content (AvgIpc) is 2.40. The van der Waals surface area contributed by atoms with Crippen molar-refractivity contribution in [3.8, 4) is 0 Å². The van der Waals surface area contributed by atoms with Gasteiger partial charge in [0.25, 0.3) is 0 Å². The van der Waals surface area contributed by atoms with E-state index in [2.05, 4.69) is 28.9 Å². The van der Waals surface area contributed by atoms with Crippen molar-refractivity contribution in [2.24, 2.45) is 0 Å². The van der Waals surface area contributed by atoms with Crippen LogP contribution in [0.1, 0.15) is 31.9 Å². The van der Waals surface area contributed by atoms with E-state index < -0.39 is 6.10 Å². The lowest BCUT2D eigenvalue weighted by molar-refractivity contribution is 0.199. The summed E-state index contributed by atoms with van der Waals surface area (Å²) < 4.78 is 0. The van der Waals surface area contributed by atoms with Crippen molar-refractivity contribution < 1.29 is 5.11 Å². The Bertz CT molecular complexity index is 371. The molecule has 0 aliphatic carbocycles. The number of hydrogen-bond acceptors (Lipinski definition) is 3. The maximum atomic E-state index is 9.83. The summed E-state index contributed by atoms with van der Waals surface area (Å²) in [5.74, 6) is 0. The first-order chi connectivity index (χ1) is 8.72. The minimum atomic E-state index is -0.394. The van der Waals surface area contributed by atoms with Gasteiger partial charge >= 0.3 is 0 Å². The number of rotatable bonds is 4. The number of aliphatic hydroxyl groups excluding tert-OH is 1. The van der Waals surface area contributed by atoms with Crippen LogP contribution in [-0.4, -0.2) is 42.7 Å². The van der Waals surface area contributed by atoms with Crippen molar-refractivity contribution in [1.29, 1.82) is 0 Å². The first kappa shape index (κ1) is 13.4. The standard InChI is InChI=1S/C15H24N2O/c1-3-8-16-9-11-17(12-10-16)15-7-5-4-6-14(15)13(2)18/h4-7,13,18H,3,8-12H2,1-2H3/t13-/m0/s1. The molecule has 18 heavy (non-hydrogen) atoms. The van der Waals surface area contributed by atoms with Crippen LogP contribution < -0.4 is 4.90 Å². The summed E-state index contributed by atoms with van der Waals surface area (Å²) >= 11 is 0. The van der Waals surface area contributed by atoms with Crippen LogP contribution in [0.3, 0.4) is 0 Å². The molecule has 100 valence electrons. The number of anilines is 1. The second-order valence-electron chi connectivity index (χ2n) is 5.06. The highest BCUT2D eigenvalue weighted by Crippen LogP contribution is 2.26. The van der Waals surface area contributed by atoms with E-state index in [9.17, 15) is 5.11 Å². The number of piperazine rings is 1. The molecule has 3 nitrogen and oxygen atoms in total. The Morgan fingerprint density at radius 2 is 1.83 bits per heavy atom. The summed E-state index contributed by atoms with van der Waals surface area (Å²) in [5.41, 5.74) is 2.24. The smallest absolute Gasteiger partial charge is 0.0781 e. The first-order valence-electron chi connectivity index (χ1n) is 6.96. The molecule has 0 spiro atoms. The second-order valence-corrected chi connectivity index (χ2v) is 5.06. The summed E-state index contributed by atoms with van der Waals surface area (Å²) in [6.45, 7) is 9.64. The number of nitrogens with zero attached hydrogens (tertiary/aromatic N) is 2. The fraction of sp³-hybridized carbons (Fsp3) is 0.600. The van der Waals surface area contributed by atoms with Crippen molar-refractivity contribution in [3.05, 3.63) is 29.8 Å². The molecule has 1 aromatic rings. The molecule has 1 heterocycles. The van der Waals surface area contributed by atoms with Gasteiger partial charge in [-0.3, -0.25) is 4.90 Å². The highest BCUT2D eigenvalue weighted by molar-refractivity contribution is 5.54. The Morgan fingerprint density at radius 3 is 2.44 bits per heavy atom. The van der Waals surface area contributed by atoms with Gasteiger partial charge in [0.2, 0.25) is 0 Å². The van der Waals surface area contributed by atoms with Crippen molar-refractivity contribution >= 4 is 5.69 Å². The van der Waals surface area contributed by atoms with E-state index in [4.69, 9.17) is 0 Å². The Morgan fingerprint density at radius 1 is 1.17 bits per heavy atom. The molecule has 1 aromatic carbocycles. The predicted octanol–water partition coefficient (Wildman–Crippen LogP) is 2.27. The molecule has 1 N–H and O–H groups in total. The number of benzene rings is 1. The average molecular weight is 248 g/mol. The van der Waals surface area contributed by atoms with Gasteiger partial charge in [0.05, 0.1) is 6.10 Å². The lowest BCUT2D eigenvalue weighted by atomic mass is 10.1. The molecule has 1 atom stereocenters. The quantitative estimate of drug-likeness (QED) is 0.885. The van der Waals surface area contributed by atoms with Gasteiger partial charge in [-0.25, -0.2) is 0 Å². The lowest BCUT2D eigenvalue weighted by Gasteiger charge is -2.37. The summed E-state index contributed by atoms with van der Waals surface area (Å²) in [7, 11) is 0. The molecule has 0 radical (unpaired) electrons. The van der Waals surface area contributed by atoms with Gasteiger partial charge in [-0.05, 0) is 26.0 Å². The van der Waals surface area contributed by atoms with E-state index in [-0.39, 0.29) is 0 Å². The van der Waals surface area contributed by atoms with E-state index in [0.717, 1.165) is 31.7 Å². The van der Waals surface area contributed by atoms with E-state index >= 15 is 0 Å². The molecule has 3 heteroatoms. The van der Waals surface area contributed by atoms with Crippen LogP contribution in [0.15, 0.2) is 24.3 Å². The van der Waals surface area contributed by atoms with Crippen LogP contribution in [0.25, 0.3) is 0 Å². The Balaban J connectivity index is 2.05. The molecule has 1 fully saturated rings. The third-order valence-corrected chi connectivity index (χ3v) is 3.64. The highest BCUT2D eigenvalue weighted by Gasteiger charge is 2.19. The van der Waals surface area contributed by atoms with Gasteiger partial charge in [0, 0.05) is 37.4 Å². The van der Waals surface area contributed by atoms with Gasteiger partial charge < -0.3 is 10.0 Å². The van der Waals surface area contributed by atoms with E-state index in [0.29, 0.717) is 0 Å². The van der Waals surface area contributed by atoms with Gasteiger partial charge in [-0.2, -0.15) is 0 Å². The second kappa shape index (κ2) is 6.21.